The van der Waals surface area contributed by atoms with Gasteiger partial charge in [-0.15, -0.1) is 0 Å². The minimum absolute atomic E-state index is 0.0887. The number of hydrogen-bond donors (Lipinski definition) is 5. The molecule has 9 atom stereocenters. The fraction of sp³-hybridized carbons (Fsp3) is 0.667. The number of methoxy groups -OCH3 is 1. The Morgan fingerprint density at radius 2 is 1.42 bits per heavy atom. The van der Waals surface area contributed by atoms with Gasteiger partial charge in [-0.05, 0) is 32.0 Å². The van der Waals surface area contributed by atoms with Crippen molar-refractivity contribution in [3.05, 3.63) is 25.3 Å². The lowest BCUT2D eigenvalue weighted by Gasteiger charge is -2.37. The van der Waals surface area contributed by atoms with E-state index in [0.717, 1.165) is 0 Å². The van der Waals surface area contributed by atoms with Crippen LogP contribution in [-0.4, -0.2) is 125 Å². The molecule has 50 heavy (non-hydrogen) atoms. The van der Waals surface area contributed by atoms with Crippen LogP contribution in [0.1, 0.15) is 47.1 Å². The average Bonchev–Trinajstić information content (AvgIpc) is 3.85. The predicted octanol–water partition coefficient (Wildman–Crippen LogP) is 0.842. The van der Waals surface area contributed by atoms with E-state index < -0.39 is 57.3 Å². The number of aliphatic hydroxyl groups is 3. The Balaban J connectivity index is 0.000000187. The molecule has 19 nitrogen and oxygen atoms in total. The Kier molecular flexibility index (Phi) is 9.42. The van der Waals surface area contributed by atoms with Crippen LogP contribution < -0.4 is 11.5 Å². The van der Waals surface area contributed by atoms with Crippen molar-refractivity contribution in [2.45, 2.75) is 107 Å². The third-order valence-electron chi connectivity index (χ3n) is 10.1. The van der Waals surface area contributed by atoms with Gasteiger partial charge in [0.1, 0.15) is 59.3 Å². The predicted molar refractivity (Wildman–Crippen MR) is 179 cm³/mol. The number of aromatic nitrogens is 8. The number of nitrogens with two attached hydrogens (primary N) is 2. The van der Waals surface area contributed by atoms with Crippen molar-refractivity contribution in [2.24, 2.45) is 0 Å². The van der Waals surface area contributed by atoms with Crippen LogP contribution in [0.4, 0.5) is 11.6 Å². The Bertz CT molecular complexity index is 1830. The first-order valence-corrected chi connectivity index (χ1v) is 19.0. The highest BCUT2D eigenvalue weighted by Gasteiger charge is 2.63. The molecular weight excluding hydrogens is 672 g/mol. The van der Waals surface area contributed by atoms with Crippen LogP contribution in [0.15, 0.2) is 25.3 Å². The van der Waals surface area contributed by atoms with Crippen molar-refractivity contribution in [3.63, 3.8) is 0 Å². The third-order valence-corrected chi connectivity index (χ3v) is 14.6. The molecular formula is C30H46N10O9Si. The lowest BCUT2D eigenvalue weighted by molar-refractivity contribution is -0.268. The Labute approximate surface area is 289 Å². The van der Waals surface area contributed by atoms with Crippen molar-refractivity contribution in [1.82, 2.24) is 39.0 Å². The molecule has 0 saturated carbocycles. The molecule has 3 aliphatic heterocycles. The topological polar surface area (TPSA) is 255 Å². The van der Waals surface area contributed by atoms with E-state index in [1.165, 1.54) is 30.5 Å². The van der Waals surface area contributed by atoms with Crippen LogP contribution in [0.25, 0.3) is 22.3 Å². The van der Waals surface area contributed by atoms with Crippen molar-refractivity contribution in [1.29, 1.82) is 0 Å². The first-order chi connectivity index (χ1) is 23.4. The molecule has 3 saturated heterocycles. The summed E-state index contributed by atoms with van der Waals surface area (Å²) in [6.07, 6.45) is 1.42. The lowest BCUT2D eigenvalue weighted by atomic mass is 9.96. The van der Waals surface area contributed by atoms with Crippen LogP contribution in [-0.2, 0) is 28.1 Å². The minimum Gasteiger partial charge on any atom is -0.414 e. The third kappa shape index (κ3) is 6.01. The molecule has 4 aromatic rings. The molecule has 3 fully saturated rings. The minimum atomic E-state index is -1.97. The van der Waals surface area contributed by atoms with E-state index >= 15 is 0 Å². The standard InChI is InChI=1S/C19H31N5O5Si.C11H15N5O4/c1-18(2,3)30(6,7)26-8-11-13-19(4,29-17(25-5)28-13)16(27-11)24-10-23-12-14(20)21-9-22-15(12)24;1-11(19)7(18)5(2-17)20-10(11)16-4-15-6-8(12)13-3-14-9(6)16/h9-11,13,16-17H,8H2,1-7H3,(H2,20,21,22);3-5,7,10,17-19H,2H2,1H3,(H2,12,13,14)/t11?,13-,16-,17?,19-;5?,7-,10-,11-/m11/s1. The monoisotopic (exact) mass is 718 g/mol. The zero-order valence-electron chi connectivity index (χ0n) is 29.3. The summed E-state index contributed by atoms with van der Waals surface area (Å²) < 4.78 is 39.2. The summed E-state index contributed by atoms with van der Waals surface area (Å²) in [4.78, 5) is 24.7. The summed E-state index contributed by atoms with van der Waals surface area (Å²) in [5, 5.41) is 29.7. The SMILES string of the molecule is COC1O[C@@H]2C(CO[Si](C)(C)C(C)(C)C)O[C@@H](n3cnc4c(N)ncnc43)[C@]2(C)O1.C[C@@]1(O)[C@H](O)C(CO)O[C@H]1n1cnc2c(N)ncnc21. The number of anilines is 2. The normalized spacial score (nSPS) is 32.8. The van der Waals surface area contributed by atoms with Gasteiger partial charge in [0.25, 0.3) is 6.48 Å². The summed E-state index contributed by atoms with van der Waals surface area (Å²) in [6.45, 7) is 13.6. The number of nitrogens with zero attached hydrogens (tertiary/aromatic N) is 8. The second-order valence-electron chi connectivity index (χ2n) is 14.5. The van der Waals surface area contributed by atoms with E-state index in [4.69, 9.17) is 39.6 Å². The van der Waals surface area contributed by atoms with Gasteiger partial charge in [-0.2, -0.15) is 0 Å². The van der Waals surface area contributed by atoms with E-state index in [2.05, 4.69) is 63.8 Å². The highest BCUT2D eigenvalue weighted by molar-refractivity contribution is 6.74. The van der Waals surface area contributed by atoms with Gasteiger partial charge in [0.05, 0.1) is 25.9 Å². The summed E-state index contributed by atoms with van der Waals surface area (Å²) >= 11 is 0. The first-order valence-electron chi connectivity index (χ1n) is 16.1. The maximum absolute atomic E-state index is 10.4. The summed E-state index contributed by atoms with van der Waals surface area (Å²) in [7, 11) is -0.421. The Morgan fingerprint density at radius 3 is 1.92 bits per heavy atom. The molecule has 0 aromatic carbocycles. The van der Waals surface area contributed by atoms with Crippen molar-refractivity contribution in [2.75, 3.05) is 31.8 Å². The first kappa shape index (κ1) is 36.4. The zero-order chi connectivity index (χ0) is 36.4. The summed E-state index contributed by atoms with van der Waals surface area (Å²) in [5.74, 6) is 0.528. The number of ether oxygens (including phenoxy) is 5. The molecule has 7 rings (SSSR count). The highest BCUT2D eigenvalue weighted by Crippen LogP contribution is 2.49. The fourth-order valence-electron chi connectivity index (χ4n) is 6.14. The largest absolute Gasteiger partial charge is 0.414 e. The number of nitrogen functional groups attached to an aromatic ring is 2. The molecule has 3 aliphatic rings. The van der Waals surface area contributed by atoms with Crippen LogP contribution in [0.2, 0.25) is 18.1 Å². The van der Waals surface area contributed by atoms with Gasteiger partial charge in [-0.3, -0.25) is 9.13 Å². The molecule has 0 amide bonds. The second kappa shape index (κ2) is 13.0. The van der Waals surface area contributed by atoms with Gasteiger partial charge in [0.2, 0.25) is 0 Å². The lowest BCUT2D eigenvalue weighted by Crippen LogP contribution is -2.46. The number of rotatable bonds is 7. The van der Waals surface area contributed by atoms with Crippen LogP contribution in [0, 0.1) is 0 Å². The maximum atomic E-state index is 10.4. The molecule has 4 aromatic heterocycles. The summed E-state index contributed by atoms with van der Waals surface area (Å²) in [6, 6.07) is 0. The molecule has 0 spiro atoms. The van der Waals surface area contributed by atoms with Crippen LogP contribution in [0.5, 0.6) is 0 Å². The van der Waals surface area contributed by atoms with Gasteiger partial charge < -0.3 is 54.9 Å². The fourth-order valence-corrected chi connectivity index (χ4v) is 7.15. The smallest absolute Gasteiger partial charge is 0.272 e. The number of aliphatic hydroxyl groups excluding tert-OH is 2. The summed E-state index contributed by atoms with van der Waals surface area (Å²) in [5.41, 5.74) is 11.1. The molecule has 0 radical (unpaired) electrons. The molecule has 3 unspecified atom stereocenters. The van der Waals surface area contributed by atoms with E-state index in [1.54, 1.807) is 13.4 Å². The van der Waals surface area contributed by atoms with Crippen molar-refractivity contribution < 1.29 is 43.4 Å². The maximum Gasteiger partial charge on any atom is 0.272 e. The van der Waals surface area contributed by atoms with Gasteiger partial charge in [-0.25, -0.2) is 29.9 Å². The number of fused-ring (bicyclic) bond motifs is 3. The van der Waals surface area contributed by atoms with Gasteiger partial charge in [-0.1, -0.05) is 20.8 Å². The molecule has 0 bridgehead atoms. The van der Waals surface area contributed by atoms with E-state index in [-0.39, 0.29) is 23.1 Å². The van der Waals surface area contributed by atoms with Crippen LogP contribution >= 0.6 is 0 Å². The zero-order valence-corrected chi connectivity index (χ0v) is 30.3. The van der Waals surface area contributed by atoms with Gasteiger partial charge >= 0.3 is 0 Å². The highest BCUT2D eigenvalue weighted by atomic mass is 28.4. The van der Waals surface area contributed by atoms with Crippen molar-refractivity contribution in [3.8, 4) is 0 Å². The molecule has 20 heteroatoms. The van der Waals surface area contributed by atoms with Gasteiger partial charge in [0.15, 0.2) is 43.7 Å². The van der Waals surface area contributed by atoms with E-state index in [1.807, 2.05) is 11.5 Å². The van der Waals surface area contributed by atoms with E-state index in [9.17, 15) is 15.3 Å². The van der Waals surface area contributed by atoms with Crippen molar-refractivity contribution >= 4 is 42.3 Å². The Morgan fingerprint density at radius 1 is 0.880 bits per heavy atom. The molecule has 7 heterocycles. The Hall–Kier alpha value is -3.44. The number of imidazole rings is 2. The van der Waals surface area contributed by atoms with Gasteiger partial charge in [0, 0.05) is 7.11 Å². The molecule has 0 aliphatic carbocycles. The second-order valence-corrected chi connectivity index (χ2v) is 19.3. The number of hydrogen-bond acceptors (Lipinski definition) is 17. The van der Waals surface area contributed by atoms with E-state index in [0.29, 0.717) is 34.8 Å². The quantitative estimate of drug-likeness (QED) is 0.166. The average molecular weight is 719 g/mol. The van der Waals surface area contributed by atoms with Crippen LogP contribution in [0.3, 0.4) is 0 Å². The molecule has 274 valence electrons. The molecule has 7 N–H and O–H groups in total.